The number of nitrogens with two attached hydrogens (primary N) is 1. The van der Waals surface area contributed by atoms with Gasteiger partial charge in [-0.25, -0.2) is 13.6 Å². The summed E-state index contributed by atoms with van der Waals surface area (Å²) in [7, 11) is -2.07. The highest BCUT2D eigenvalue weighted by Gasteiger charge is 2.30. The summed E-state index contributed by atoms with van der Waals surface area (Å²) in [5.41, 5.74) is 1.98. The second-order valence-electron chi connectivity index (χ2n) is 7.32. The van der Waals surface area contributed by atoms with Crippen LogP contribution < -0.4 is 5.14 Å². The van der Waals surface area contributed by atoms with Crippen LogP contribution >= 0.6 is 0 Å². The molecule has 8 nitrogen and oxygen atoms in total. The van der Waals surface area contributed by atoms with Gasteiger partial charge in [0.15, 0.2) is 0 Å². The van der Waals surface area contributed by atoms with Gasteiger partial charge in [0, 0.05) is 18.3 Å². The molecule has 0 saturated carbocycles. The number of aromatic nitrogens is 4. The molecule has 2 aromatic carbocycles. The van der Waals surface area contributed by atoms with E-state index >= 15 is 0 Å². The molecule has 0 aliphatic rings. The Balaban J connectivity index is 1.53. The van der Waals surface area contributed by atoms with Crippen molar-refractivity contribution in [1.82, 2.24) is 19.9 Å². The molecule has 4 rings (SSSR count). The summed E-state index contributed by atoms with van der Waals surface area (Å²) in [6.45, 7) is 0. The summed E-state index contributed by atoms with van der Waals surface area (Å²) in [5, 5.41) is 13.3. The van der Waals surface area contributed by atoms with Crippen molar-refractivity contribution in [2.24, 2.45) is 12.2 Å². The first-order chi connectivity index (χ1) is 15.5. The number of nitrogens with zero attached hydrogens (tertiary/aromatic N) is 4. The van der Waals surface area contributed by atoms with Crippen LogP contribution in [0.15, 0.2) is 64.1 Å². The van der Waals surface area contributed by atoms with Crippen LogP contribution in [-0.4, -0.2) is 28.3 Å². The van der Waals surface area contributed by atoms with E-state index in [0.29, 0.717) is 24.0 Å². The molecule has 0 amide bonds. The molecule has 0 saturated heterocycles. The quantitative estimate of drug-likeness (QED) is 0.454. The smallest absolute Gasteiger partial charge is 0.334 e. The Labute approximate surface area is 186 Å². The fourth-order valence-electron chi connectivity index (χ4n) is 3.31. The lowest BCUT2D eigenvalue weighted by molar-refractivity contribution is -0.137. The third-order valence-electron chi connectivity index (χ3n) is 5.09. The summed E-state index contributed by atoms with van der Waals surface area (Å²) in [6, 6.07) is 10.7. The molecule has 4 aromatic rings. The Bertz CT molecular complexity index is 1380. The van der Waals surface area contributed by atoms with Gasteiger partial charge in [0.1, 0.15) is 0 Å². The number of aryl methyl sites for hydroxylation is 2. The summed E-state index contributed by atoms with van der Waals surface area (Å²) < 4.78 is 68.0. The zero-order chi connectivity index (χ0) is 23.8. The molecule has 2 heterocycles. The van der Waals surface area contributed by atoms with Gasteiger partial charge in [-0.1, -0.05) is 17.3 Å². The number of hydrogen-bond donors (Lipinski definition) is 1. The Hall–Kier alpha value is -3.51. The largest absolute Gasteiger partial charge is 0.416 e. The van der Waals surface area contributed by atoms with E-state index < -0.39 is 21.8 Å². The van der Waals surface area contributed by atoms with E-state index in [-0.39, 0.29) is 16.6 Å². The average molecular weight is 477 g/mol. The van der Waals surface area contributed by atoms with E-state index in [1.807, 2.05) is 0 Å². The van der Waals surface area contributed by atoms with E-state index in [2.05, 4.69) is 15.2 Å². The SMILES string of the molecule is Cn1ncc(-c2noc(-c3ccc(S(N)(=O)=O)cc3)n2)c1CCc1ccc(C(F)(F)F)cc1. The van der Waals surface area contributed by atoms with Gasteiger partial charge in [-0.15, -0.1) is 0 Å². The topological polar surface area (TPSA) is 117 Å². The van der Waals surface area contributed by atoms with Crippen molar-refractivity contribution in [3.63, 3.8) is 0 Å². The first-order valence-electron chi connectivity index (χ1n) is 9.67. The number of primary sulfonamides is 1. The lowest BCUT2D eigenvalue weighted by Crippen LogP contribution is -2.11. The first kappa shape index (κ1) is 22.7. The molecule has 0 fully saturated rings. The molecule has 0 unspecified atom stereocenters. The maximum atomic E-state index is 12.8. The second kappa shape index (κ2) is 8.45. The van der Waals surface area contributed by atoms with E-state index in [1.54, 1.807) is 17.9 Å². The van der Waals surface area contributed by atoms with Gasteiger partial charge in [-0.05, 0) is 54.8 Å². The first-order valence-corrected chi connectivity index (χ1v) is 11.2. The van der Waals surface area contributed by atoms with Crippen LogP contribution in [0.3, 0.4) is 0 Å². The van der Waals surface area contributed by atoms with Crippen molar-refractivity contribution in [3.8, 4) is 22.8 Å². The van der Waals surface area contributed by atoms with Gasteiger partial charge >= 0.3 is 6.18 Å². The minimum absolute atomic E-state index is 0.0381. The molecule has 0 bridgehead atoms. The molecule has 12 heteroatoms. The molecule has 2 N–H and O–H groups in total. The minimum Gasteiger partial charge on any atom is -0.334 e. The number of sulfonamides is 1. The van der Waals surface area contributed by atoms with Crippen molar-refractivity contribution in [2.75, 3.05) is 0 Å². The monoisotopic (exact) mass is 477 g/mol. The van der Waals surface area contributed by atoms with Crippen LogP contribution in [0.2, 0.25) is 0 Å². The van der Waals surface area contributed by atoms with Gasteiger partial charge in [0.2, 0.25) is 15.8 Å². The Morgan fingerprint density at radius 1 is 1.03 bits per heavy atom. The predicted molar refractivity (Wildman–Crippen MR) is 112 cm³/mol. The molecular weight excluding hydrogens is 459 g/mol. The zero-order valence-electron chi connectivity index (χ0n) is 17.2. The van der Waals surface area contributed by atoms with Gasteiger partial charge in [-0.2, -0.15) is 23.3 Å². The van der Waals surface area contributed by atoms with Gasteiger partial charge in [0.25, 0.3) is 5.89 Å². The molecule has 0 aliphatic carbocycles. The Kier molecular flexibility index (Phi) is 5.80. The van der Waals surface area contributed by atoms with Crippen LogP contribution in [0.5, 0.6) is 0 Å². The number of hydrogen-bond acceptors (Lipinski definition) is 6. The predicted octanol–water partition coefficient (Wildman–Crippen LogP) is 3.59. The van der Waals surface area contributed by atoms with Crippen LogP contribution in [-0.2, 0) is 36.1 Å². The molecule has 2 aromatic heterocycles. The highest BCUT2D eigenvalue weighted by Crippen LogP contribution is 2.30. The highest BCUT2D eigenvalue weighted by atomic mass is 32.2. The van der Waals surface area contributed by atoms with Crippen molar-refractivity contribution >= 4 is 10.0 Å². The number of benzene rings is 2. The van der Waals surface area contributed by atoms with Crippen LogP contribution in [0.25, 0.3) is 22.8 Å². The summed E-state index contributed by atoms with van der Waals surface area (Å²) >= 11 is 0. The van der Waals surface area contributed by atoms with Crippen molar-refractivity contribution in [2.45, 2.75) is 23.9 Å². The Morgan fingerprint density at radius 2 is 1.70 bits per heavy atom. The number of rotatable bonds is 6. The van der Waals surface area contributed by atoms with Crippen LogP contribution in [0.1, 0.15) is 16.8 Å². The zero-order valence-corrected chi connectivity index (χ0v) is 18.1. The van der Waals surface area contributed by atoms with Crippen molar-refractivity contribution in [3.05, 3.63) is 71.5 Å². The summed E-state index contributed by atoms with van der Waals surface area (Å²) in [6.07, 6.45) is -1.81. The highest BCUT2D eigenvalue weighted by molar-refractivity contribution is 7.89. The fourth-order valence-corrected chi connectivity index (χ4v) is 3.82. The van der Waals surface area contributed by atoms with E-state index in [1.165, 1.54) is 36.4 Å². The van der Waals surface area contributed by atoms with Crippen molar-refractivity contribution in [1.29, 1.82) is 0 Å². The van der Waals surface area contributed by atoms with Gasteiger partial charge < -0.3 is 4.52 Å². The lowest BCUT2D eigenvalue weighted by atomic mass is 10.0. The molecule has 0 spiro atoms. The van der Waals surface area contributed by atoms with Crippen molar-refractivity contribution < 1.29 is 26.1 Å². The molecule has 33 heavy (non-hydrogen) atoms. The van der Waals surface area contributed by atoms with Gasteiger partial charge in [0.05, 0.1) is 22.2 Å². The van der Waals surface area contributed by atoms with Crippen LogP contribution in [0.4, 0.5) is 13.2 Å². The third kappa shape index (κ3) is 4.96. The molecule has 0 radical (unpaired) electrons. The average Bonchev–Trinajstić information content (AvgIpc) is 3.38. The molecule has 172 valence electrons. The molecule has 0 aliphatic heterocycles. The van der Waals surface area contributed by atoms with E-state index in [4.69, 9.17) is 9.66 Å². The lowest BCUT2D eigenvalue weighted by Gasteiger charge is -2.08. The Morgan fingerprint density at radius 3 is 2.30 bits per heavy atom. The molecule has 0 atom stereocenters. The number of alkyl halides is 3. The minimum atomic E-state index is -4.37. The summed E-state index contributed by atoms with van der Waals surface area (Å²) in [5.74, 6) is 0.472. The maximum Gasteiger partial charge on any atom is 0.416 e. The van der Waals surface area contributed by atoms with Crippen LogP contribution in [0, 0.1) is 0 Å². The summed E-state index contributed by atoms with van der Waals surface area (Å²) in [4.78, 5) is 4.34. The standard InChI is InChI=1S/C21H18F3N5O3S/c1-29-18(11-4-13-2-7-15(8-3-13)21(22,23)24)17(12-26-29)19-27-20(32-28-19)14-5-9-16(10-6-14)33(25,30)31/h2-3,5-10,12H,4,11H2,1H3,(H2,25,30,31). The fraction of sp³-hybridized carbons (Fsp3) is 0.190. The van der Waals surface area contributed by atoms with Gasteiger partial charge in [-0.3, -0.25) is 4.68 Å². The normalized spacial score (nSPS) is 12.3. The molecular formula is C21H18F3N5O3S. The van der Waals surface area contributed by atoms with E-state index in [0.717, 1.165) is 23.4 Å². The van der Waals surface area contributed by atoms with E-state index in [9.17, 15) is 21.6 Å². The third-order valence-corrected chi connectivity index (χ3v) is 6.02. The second-order valence-corrected chi connectivity index (χ2v) is 8.88. The maximum absolute atomic E-state index is 12.8. The number of halogens is 3.